The van der Waals surface area contributed by atoms with Crippen molar-refractivity contribution in [2.75, 3.05) is 47.1 Å². The number of nitrogens with zero attached hydrogens (tertiary/aromatic N) is 1. The molecule has 4 nitrogen and oxygen atoms in total. The van der Waals surface area contributed by atoms with Gasteiger partial charge in [-0.05, 0) is 31.9 Å². The van der Waals surface area contributed by atoms with Crippen molar-refractivity contribution in [1.82, 2.24) is 4.90 Å². The average molecular weight is 300 g/mol. The lowest BCUT2D eigenvalue weighted by Gasteiger charge is -2.31. The summed E-state index contributed by atoms with van der Waals surface area (Å²) >= 11 is 1.84. The van der Waals surface area contributed by atoms with Crippen LogP contribution in [0.2, 0.25) is 0 Å². The number of hydrogen-bond donors (Lipinski definition) is 1. The lowest BCUT2D eigenvalue weighted by Crippen LogP contribution is -2.37. The van der Waals surface area contributed by atoms with Gasteiger partial charge in [0.05, 0.1) is 6.61 Å². The zero-order valence-corrected chi connectivity index (χ0v) is 14.0. The molecule has 0 aliphatic carbocycles. The summed E-state index contributed by atoms with van der Waals surface area (Å²) in [6.07, 6.45) is 1.01. The van der Waals surface area contributed by atoms with E-state index in [0.29, 0.717) is 6.54 Å². The molecule has 1 aromatic heterocycles. The summed E-state index contributed by atoms with van der Waals surface area (Å²) in [4.78, 5) is 5.13. The van der Waals surface area contributed by atoms with E-state index in [0.717, 1.165) is 32.7 Å². The highest BCUT2D eigenvalue weighted by molar-refractivity contribution is 7.12. The largest absolute Gasteiger partial charge is 0.385 e. The molecule has 116 valence electrons. The molecule has 0 saturated carbocycles. The van der Waals surface area contributed by atoms with Crippen LogP contribution < -0.4 is 5.73 Å². The van der Waals surface area contributed by atoms with Gasteiger partial charge in [-0.25, -0.2) is 0 Å². The maximum atomic E-state index is 6.05. The van der Waals surface area contributed by atoms with E-state index in [9.17, 15) is 0 Å². The molecule has 0 aromatic carbocycles. The van der Waals surface area contributed by atoms with E-state index in [-0.39, 0.29) is 6.04 Å². The fourth-order valence-electron chi connectivity index (χ4n) is 2.50. The second-order valence-corrected chi connectivity index (χ2v) is 6.46. The Morgan fingerprint density at radius 2 is 1.90 bits per heavy atom. The number of nitrogens with two attached hydrogens (primary N) is 1. The molecule has 2 N–H and O–H groups in total. The minimum atomic E-state index is 0.270. The normalized spacial score (nSPS) is 13.1. The summed E-state index contributed by atoms with van der Waals surface area (Å²) in [6, 6.07) is 2.54. The summed E-state index contributed by atoms with van der Waals surface area (Å²) in [7, 11) is 3.48. The maximum Gasteiger partial charge on any atom is 0.0589 e. The SMILES string of the molecule is COCCCN(CCOC)C(CN)c1cc(C)sc1C. The molecule has 0 fully saturated rings. The van der Waals surface area contributed by atoms with Gasteiger partial charge in [-0.3, -0.25) is 4.90 Å². The minimum Gasteiger partial charge on any atom is -0.385 e. The quantitative estimate of drug-likeness (QED) is 0.674. The number of ether oxygens (including phenoxy) is 2. The van der Waals surface area contributed by atoms with Gasteiger partial charge in [0.15, 0.2) is 0 Å². The van der Waals surface area contributed by atoms with E-state index in [1.54, 1.807) is 14.2 Å². The summed E-state index contributed by atoms with van der Waals surface area (Å²) in [5.41, 5.74) is 7.42. The van der Waals surface area contributed by atoms with Crippen LogP contribution in [0.5, 0.6) is 0 Å². The predicted octanol–water partition coefficient (Wildman–Crippen LogP) is 2.35. The van der Waals surface area contributed by atoms with Crippen LogP contribution in [0, 0.1) is 13.8 Å². The standard InChI is InChI=1S/C15H28N2O2S/c1-12-10-14(13(2)20-12)15(11-16)17(7-9-19-4)6-5-8-18-3/h10,15H,5-9,11,16H2,1-4H3. The van der Waals surface area contributed by atoms with Gasteiger partial charge in [-0.2, -0.15) is 0 Å². The molecule has 1 aromatic rings. The molecular weight excluding hydrogens is 272 g/mol. The van der Waals surface area contributed by atoms with Crippen molar-refractivity contribution < 1.29 is 9.47 Å². The van der Waals surface area contributed by atoms with Crippen LogP contribution in [0.1, 0.15) is 27.8 Å². The third-order valence-electron chi connectivity index (χ3n) is 3.48. The highest BCUT2D eigenvalue weighted by Gasteiger charge is 2.21. The summed E-state index contributed by atoms with van der Waals surface area (Å²) in [5.74, 6) is 0. The van der Waals surface area contributed by atoms with Crippen molar-refractivity contribution in [3.05, 3.63) is 21.4 Å². The lowest BCUT2D eigenvalue weighted by atomic mass is 10.1. The fraction of sp³-hybridized carbons (Fsp3) is 0.733. The van der Waals surface area contributed by atoms with Crippen LogP contribution in [0.15, 0.2) is 6.07 Å². The second-order valence-electron chi connectivity index (χ2n) is 5.00. The minimum absolute atomic E-state index is 0.270. The molecule has 1 atom stereocenters. The van der Waals surface area contributed by atoms with Crippen molar-refractivity contribution in [3.8, 4) is 0 Å². The molecule has 0 radical (unpaired) electrons. The Hall–Kier alpha value is -0.460. The van der Waals surface area contributed by atoms with Crippen molar-refractivity contribution in [2.45, 2.75) is 26.3 Å². The average Bonchev–Trinajstić information content (AvgIpc) is 2.75. The molecule has 0 aliphatic heterocycles. The number of hydrogen-bond acceptors (Lipinski definition) is 5. The van der Waals surface area contributed by atoms with E-state index in [1.807, 2.05) is 11.3 Å². The Bertz CT molecular complexity index is 382. The zero-order chi connectivity index (χ0) is 15.0. The highest BCUT2D eigenvalue weighted by Crippen LogP contribution is 2.29. The fourth-order valence-corrected chi connectivity index (χ4v) is 3.48. The van der Waals surface area contributed by atoms with Crippen molar-refractivity contribution in [2.24, 2.45) is 5.73 Å². The molecule has 20 heavy (non-hydrogen) atoms. The van der Waals surface area contributed by atoms with Gasteiger partial charge >= 0.3 is 0 Å². The number of aryl methyl sites for hydroxylation is 2. The Morgan fingerprint density at radius 3 is 2.40 bits per heavy atom. The van der Waals surface area contributed by atoms with E-state index in [4.69, 9.17) is 15.2 Å². The molecule has 1 heterocycles. The molecule has 0 spiro atoms. The van der Waals surface area contributed by atoms with E-state index < -0.39 is 0 Å². The van der Waals surface area contributed by atoms with Crippen LogP contribution >= 0.6 is 11.3 Å². The smallest absolute Gasteiger partial charge is 0.0589 e. The third-order valence-corrected chi connectivity index (χ3v) is 4.46. The molecule has 5 heteroatoms. The summed E-state index contributed by atoms with van der Waals surface area (Å²) in [5, 5.41) is 0. The third kappa shape index (κ3) is 5.14. The Morgan fingerprint density at radius 1 is 1.20 bits per heavy atom. The van der Waals surface area contributed by atoms with Gasteiger partial charge in [0.1, 0.15) is 0 Å². The van der Waals surface area contributed by atoms with Crippen molar-refractivity contribution >= 4 is 11.3 Å². The molecular formula is C15H28N2O2S. The van der Waals surface area contributed by atoms with E-state index in [1.165, 1.54) is 15.3 Å². The second kappa shape index (κ2) is 9.47. The molecule has 0 saturated heterocycles. The van der Waals surface area contributed by atoms with Crippen LogP contribution in [0.4, 0.5) is 0 Å². The van der Waals surface area contributed by atoms with Crippen molar-refractivity contribution in [3.63, 3.8) is 0 Å². The molecule has 0 aliphatic rings. The topological polar surface area (TPSA) is 47.7 Å². The molecule has 0 amide bonds. The highest BCUT2D eigenvalue weighted by atomic mass is 32.1. The van der Waals surface area contributed by atoms with Gasteiger partial charge in [0.2, 0.25) is 0 Å². The van der Waals surface area contributed by atoms with Gasteiger partial charge in [-0.1, -0.05) is 0 Å². The van der Waals surface area contributed by atoms with Crippen molar-refractivity contribution in [1.29, 1.82) is 0 Å². The zero-order valence-electron chi connectivity index (χ0n) is 13.1. The maximum absolute atomic E-state index is 6.05. The monoisotopic (exact) mass is 300 g/mol. The predicted molar refractivity (Wildman–Crippen MR) is 85.5 cm³/mol. The summed E-state index contributed by atoms with van der Waals surface area (Å²) in [6.45, 7) is 8.35. The van der Waals surface area contributed by atoms with Gasteiger partial charge in [-0.15, -0.1) is 11.3 Å². The first-order valence-electron chi connectivity index (χ1n) is 7.13. The van der Waals surface area contributed by atoms with Gasteiger partial charge in [0, 0.05) is 56.3 Å². The van der Waals surface area contributed by atoms with Crippen LogP contribution in [-0.2, 0) is 9.47 Å². The summed E-state index contributed by atoms with van der Waals surface area (Å²) < 4.78 is 10.4. The Labute approximate surface area is 126 Å². The van der Waals surface area contributed by atoms with Gasteiger partial charge < -0.3 is 15.2 Å². The Kier molecular flexibility index (Phi) is 8.33. The number of rotatable bonds is 10. The van der Waals surface area contributed by atoms with Crippen LogP contribution in [0.25, 0.3) is 0 Å². The first kappa shape index (κ1) is 17.6. The van der Waals surface area contributed by atoms with Gasteiger partial charge in [0.25, 0.3) is 0 Å². The molecule has 1 unspecified atom stereocenters. The number of methoxy groups -OCH3 is 2. The number of thiophene rings is 1. The molecule has 1 rings (SSSR count). The first-order chi connectivity index (χ1) is 9.63. The lowest BCUT2D eigenvalue weighted by molar-refractivity contribution is 0.108. The van der Waals surface area contributed by atoms with E-state index in [2.05, 4.69) is 24.8 Å². The van der Waals surface area contributed by atoms with Crippen LogP contribution in [-0.4, -0.2) is 52.0 Å². The first-order valence-corrected chi connectivity index (χ1v) is 7.94. The molecule has 0 bridgehead atoms. The Balaban J connectivity index is 2.80. The van der Waals surface area contributed by atoms with E-state index >= 15 is 0 Å². The van der Waals surface area contributed by atoms with Crippen LogP contribution in [0.3, 0.4) is 0 Å².